The molecule has 134 valence electrons. The molecule has 1 saturated carbocycles. The molecule has 1 aliphatic rings. The molecule has 1 fully saturated rings. The van der Waals surface area contributed by atoms with E-state index in [0.717, 1.165) is 42.6 Å². The molecule has 0 aliphatic heterocycles. The normalized spacial score (nSPS) is 17.0. The van der Waals surface area contributed by atoms with E-state index in [9.17, 15) is 4.79 Å². The van der Waals surface area contributed by atoms with Gasteiger partial charge in [-0.1, -0.05) is 78.5 Å². The van der Waals surface area contributed by atoms with Crippen molar-refractivity contribution in [1.82, 2.24) is 0 Å². The van der Waals surface area contributed by atoms with Crippen molar-refractivity contribution in [3.05, 3.63) is 28.8 Å². The second-order valence-electron chi connectivity index (χ2n) is 9.45. The van der Waals surface area contributed by atoms with Crippen LogP contribution in [0.2, 0.25) is 0 Å². The van der Waals surface area contributed by atoms with Crippen LogP contribution in [0.5, 0.6) is 5.75 Å². The molecule has 0 unspecified atom stereocenters. The average molecular weight is 331 g/mol. The molecule has 2 heteroatoms. The van der Waals surface area contributed by atoms with Gasteiger partial charge in [-0.15, -0.1) is 0 Å². The Kier molecular flexibility index (Phi) is 5.47. The van der Waals surface area contributed by atoms with E-state index in [1.165, 1.54) is 12.0 Å². The van der Waals surface area contributed by atoms with E-state index >= 15 is 0 Å². The quantitative estimate of drug-likeness (QED) is 0.485. The smallest absolute Gasteiger partial charge is 0.314 e. The Morgan fingerprint density at radius 1 is 0.917 bits per heavy atom. The van der Waals surface area contributed by atoms with Gasteiger partial charge in [-0.3, -0.25) is 4.79 Å². The highest BCUT2D eigenvalue weighted by molar-refractivity contribution is 5.76. The van der Waals surface area contributed by atoms with E-state index in [1.807, 2.05) is 0 Å². The molecule has 0 bridgehead atoms. The summed E-state index contributed by atoms with van der Waals surface area (Å²) in [7, 11) is 0. The number of ether oxygens (including phenoxy) is 1. The van der Waals surface area contributed by atoms with Crippen LogP contribution in [-0.2, 0) is 15.6 Å². The number of carbonyl (C=O) groups is 1. The van der Waals surface area contributed by atoms with E-state index < -0.39 is 0 Å². The van der Waals surface area contributed by atoms with Gasteiger partial charge in [0.25, 0.3) is 0 Å². The summed E-state index contributed by atoms with van der Waals surface area (Å²) in [5.74, 6) is 0.839. The van der Waals surface area contributed by atoms with Gasteiger partial charge in [0.2, 0.25) is 0 Å². The molecule has 0 spiro atoms. The Morgan fingerprint density at radius 3 is 1.79 bits per heavy atom. The summed E-state index contributed by atoms with van der Waals surface area (Å²) in [5, 5.41) is 0. The van der Waals surface area contributed by atoms with Crippen molar-refractivity contribution < 1.29 is 9.53 Å². The zero-order chi connectivity index (χ0) is 18.1. The second-order valence-corrected chi connectivity index (χ2v) is 9.45. The van der Waals surface area contributed by atoms with Crippen LogP contribution in [0.15, 0.2) is 12.1 Å². The molecule has 0 radical (unpaired) electrons. The topological polar surface area (TPSA) is 26.3 Å². The second kappa shape index (κ2) is 6.90. The van der Waals surface area contributed by atoms with Crippen LogP contribution in [0.3, 0.4) is 0 Å². The summed E-state index contributed by atoms with van der Waals surface area (Å²) in [6.45, 7) is 15.2. The highest BCUT2D eigenvalue weighted by Crippen LogP contribution is 2.41. The predicted molar refractivity (Wildman–Crippen MR) is 101 cm³/mol. The summed E-state index contributed by atoms with van der Waals surface area (Å²) in [6.07, 6.45) is 5.48. The lowest BCUT2D eigenvalue weighted by atomic mass is 9.78. The van der Waals surface area contributed by atoms with Crippen LogP contribution in [0.1, 0.15) is 90.3 Å². The molecule has 1 aromatic carbocycles. The fraction of sp³-hybridized carbons (Fsp3) is 0.682. The monoisotopic (exact) mass is 330 g/mol. The van der Waals surface area contributed by atoms with Crippen molar-refractivity contribution in [3.63, 3.8) is 0 Å². The van der Waals surface area contributed by atoms with Crippen LogP contribution in [0, 0.1) is 12.8 Å². The van der Waals surface area contributed by atoms with Crippen LogP contribution < -0.4 is 4.74 Å². The molecule has 0 amide bonds. The first-order valence-corrected chi connectivity index (χ1v) is 9.37. The molecule has 0 N–H and O–H groups in total. The molecule has 2 rings (SSSR count). The molecule has 1 aliphatic carbocycles. The molecule has 2 nitrogen and oxygen atoms in total. The SMILES string of the molecule is Cc1cc(C(C)(C)C)c(OC(=O)C2CCCCC2)c(C(C)(C)C)c1. The predicted octanol–water partition coefficient (Wildman–Crippen LogP) is 6.08. The van der Waals surface area contributed by atoms with Gasteiger partial charge in [0.15, 0.2) is 0 Å². The summed E-state index contributed by atoms with van der Waals surface area (Å²) < 4.78 is 6.09. The highest BCUT2D eigenvalue weighted by atomic mass is 16.5. The zero-order valence-corrected chi connectivity index (χ0v) is 16.6. The number of hydrogen-bond donors (Lipinski definition) is 0. The number of carbonyl (C=O) groups excluding carboxylic acids is 1. The van der Waals surface area contributed by atoms with Crippen LogP contribution >= 0.6 is 0 Å². The molecule has 1 aromatic rings. The first kappa shape index (κ1) is 19.0. The molecule has 0 heterocycles. The van der Waals surface area contributed by atoms with Crippen LogP contribution in [0.4, 0.5) is 0 Å². The standard InChI is InChI=1S/C22H34O2/c1-15-13-17(21(2,3)4)19(18(14-15)22(5,6)7)24-20(23)16-11-9-8-10-12-16/h13-14,16H,8-12H2,1-7H3. The average Bonchev–Trinajstić information content (AvgIpc) is 2.47. The Hall–Kier alpha value is -1.31. The number of aryl methyl sites for hydroxylation is 1. The number of rotatable bonds is 2. The van der Waals surface area contributed by atoms with E-state index in [1.54, 1.807) is 0 Å². The lowest BCUT2D eigenvalue weighted by Gasteiger charge is -2.31. The Balaban J connectivity index is 2.47. The lowest BCUT2D eigenvalue weighted by Crippen LogP contribution is -2.27. The fourth-order valence-electron chi connectivity index (χ4n) is 3.52. The van der Waals surface area contributed by atoms with Gasteiger partial charge >= 0.3 is 5.97 Å². The van der Waals surface area contributed by atoms with Gasteiger partial charge in [-0.25, -0.2) is 0 Å². The van der Waals surface area contributed by atoms with E-state index in [-0.39, 0.29) is 22.7 Å². The third kappa shape index (κ3) is 4.40. The van der Waals surface area contributed by atoms with Gasteiger partial charge in [0, 0.05) is 11.1 Å². The van der Waals surface area contributed by atoms with Crippen molar-refractivity contribution in [2.75, 3.05) is 0 Å². The van der Waals surface area contributed by atoms with Gasteiger partial charge in [0.1, 0.15) is 5.75 Å². The summed E-state index contributed by atoms with van der Waals surface area (Å²) in [6, 6.07) is 4.36. The molecule has 0 aromatic heterocycles. The maximum absolute atomic E-state index is 12.8. The van der Waals surface area contributed by atoms with Gasteiger partial charge in [-0.2, -0.15) is 0 Å². The first-order chi connectivity index (χ1) is 11.0. The highest BCUT2D eigenvalue weighted by Gasteiger charge is 2.31. The molecule has 0 saturated heterocycles. The number of benzene rings is 1. The van der Waals surface area contributed by atoms with E-state index in [0.29, 0.717) is 0 Å². The van der Waals surface area contributed by atoms with Crippen molar-refractivity contribution >= 4 is 5.97 Å². The Labute approximate surface area is 148 Å². The van der Waals surface area contributed by atoms with Crippen molar-refractivity contribution in [2.45, 2.75) is 91.4 Å². The Bertz CT molecular complexity index is 558. The maximum Gasteiger partial charge on any atom is 0.314 e. The summed E-state index contributed by atoms with van der Waals surface area (Å²) >= 11 is 0. The van der Waals surface area contributed by atoms with E-state index in [4.69, 9.17) is 4.74 Å². The molecule has 24 heavy (non-hydrogen) atoms. The fourth-order valence-corrected chi connectivity index (χ4v) is 3.52. The van der Waals surface area contributed by atoms with E-state index in [2.05, 4.69) is 60.6 Å². The van der Waals surface area contributed by atoms with Crippen molar-refractivity contribution in [3.8, 4) is 5.75 Å². The molecular formula is C22H34O2. The van der Waals surface area contributed by atoms with Gasteiger partial charge in [0.05, 0.1) is 5.92 Å². The van der Waals surface area contributed by atoms with Crippen molar-refractivity contribution in [2.24, 2.45) is 5.92 Å². The zero-order valence-electron chi connectivity index (χ0n) is 16.6. The largest absolute Gasteiger partial charge is 0.426 e. The minimum atomic E-state index is -0.0613. The van der Waals surface area contributed by atoms with Crippen molar-refractivity contribution in [1.29, 1.82) is 0 Å². The van der Waals surface area contributed by atoms with Gasteiger partial charge < -0.3 is 4.74 Å². The maximum atomic E-state index is 12.8. The third-order valence-corrected chi connectivity index (χ3v) is 4.99. The lowest BCUT2D eigenvalue weighted by molar-refractivity contribution is -0.140. The summed E-state index contributed by atoms with van der Waals surface area (Å²) in [5.41, 5.74) is 3.37. The molecular weight excluding hydrogens is 296 g/mol. The molecule has 0 atom stereocenters. The minimum absolute atomic E-state index is 0.0328. The first-order valence-electron chi connectivity index (χ1n) is 9.37. The number of esters is 1. The summed E-state index contributed by atoms with van der Waals surface area (Å²) in [4.78, 5) is 12.8. The Morgan fingerprint density at radius 2 is 1.38 bits per heavy atom. The van der Waals surface area contributed by atoms with Crippen LogP contribution in [-0.4, -0.2) is 5.97 Å². The number of hydrogen-bond acceptors (Lipinski definition) is 2. The van der Waals surface area contributed by atoms with Gasteiger partial charge in [-0.05, 0) is 30.6 Å². The minimum Gasteiger partial charge on any atom is -0.426 e. The van der Waals surface area contributed by atoms with Crippen LogP contribution in [0.25, 0.3) is 0 Å². The third-order valence-electron chi connectivity index (χ3n) is 4.99.